The highest BCUT2D eigenvalue weighted by Gasteiger charge is 2.28. The zero-order valence-corrected chi connectivity index (χ0v) is 13.5. The summed E-state index contributed by atoms with van der Waals surface area (Å²) in [6.45, 7) is 5.25. The van der Waals surface area contributed by atoms with Crippen molar-refractivity contribution in [3.05, 3.63) is 0 Å². The lowest BCUT2D eigenvalue weighted by molar-refractivity contribution is -0.155. The van der Waals surface area contributed by atoms with E-state index in [-0.39, 0.29) is 24.7 Å². The highest BCUT2D eigenvalue weighted by Crippen LogP contribution is 2.23. The number of amides is 1. The molecule has 0 radical (unpaired) electrons. The second-order valence-corrected chi connectivity index (χ2v) is 7.23. The van der Waals surface area contributed by atoms with Gasteiger partial charge in [0.1, 0.15) is 11.6 Å². The van der Waals surface area contributed by atoms with Crippen LogP contribution in [0.4, 0.5) is 0 Å². The predicted molar refractivity (Wildman–Crippen MR) is 80.1 cm³/mol. The average molecular weight is 317 g/mol. The molecule has 0 aromatic heterocycles. The van der Waals surface area contributed by atoms with Crippen molar-refractivity contribution in [2.75, 3.05) is 11.5 Å². The van der Waals surface area contributed by atoms with E-state index in [9.17, 15) is 14.4 Å². The molecule has 0 spiro atoms. The van der Waals surface area contributed by atoms with Crippen LogP contribution in [0.5, 0.6) is 0 Å². The first-order valence-corrected chi connectivity index (χ1v) is 8.17. The van der Waals surface area contributed by atoms with E-state index in [1.54, 1.807) is 32.5 Å². The lowest BCUT2D eigenvalue weighted by atomic mass is 10.1. The van der Waals surface area contributed by atoms with Crippen LogP contribution in [-0.4, -0.2) is 46.1 Å². The molecule has 21 heavy (non-hydrogen) atoms. The summed E-state index contributed by atoms with van der Waals surface area (Å²) >= 11 is 1.69. The topological polar surface area (TPSA) is 92.7 Å². The van der Waals surface area contributed by atoms with Gasteiger partial charge in [-0.05, 0) is 39.4 Å². The van der Waals surface area contributed by atoms with Crippen molar-refractivity contribution in [2.45, 2.75) is 51.7 Å². The number of rotatable bonds is 6. The molecule has 2 atom stereocenters. The zero-order valence-electron chi connectivity index (χ0n) is 12.7. The van der Waals surface area contributed by atoms with Gasteiger partial charge in [0, 0.05) is 18.1 Å². The Morgan fingerprint density at radius 3 is 2.52 bits per heavy atom. The number of carbonyl (C=O) groups is 3. The number of carboxylic acid groups (broad SMARTS) is 1. The van der Waals surface area contributed by atoms with Crippen molar-refractivity contribution >= 4 is 29.6 Å². The van der Waals surface area contributed by atoms with Crippen LogP contribution in [-0.2, 0) is 19.1 Å². The molecule has 7 heteroatoms. The van der Waals surface area contributed by atoms with Gasteiger partial charge < -0.3 is 15.2 Å². The Labute approximate surface area is 129 Å². The van der Waals surface area contributed by atoms with Crippen LogP contribution >= 0.6 is 11.8 Å². The molecule has 1 saturated heterocycles. The Kier molecular flexibility index (Phi) is 6.51. The predicted octanol–water partition coefficient (Wildman–Crippen LogP) is 1.43. The Morgan fingerprint density at radius 1 is 1.38 bits per heavy atom. The second kappa shape index (κ2) is 7.68. The summed E-state index contributed by atoms with van der Waals surface area (Å²) in [4.78, 5) is 34.7. The number of hydrogen-bond acceptors (Lipinski definition) is 5. The summed E-state index contributed by atoms with van der Waals surface area (Å²) in [7, 11) is 0. The smallest absolute Gasteiger partial charge is 0.326 e. The molecule has 6 nitrogen and oxygen atoms in total. The van der Waals surface area contributed by atoms with Crippen molar-refractivity contribution in [2.24, 2.45) is 5.92 Å². The van der Waals surface area contributed by atoms with Crippen molar-refractivity contribution in [1.29, 1.82) is 0 Å². The number of carbonyl (C=O) groups excluding carboxylic acids is 2. The summed E-state index contributed by atoms with van der Waals surface area (Å²) in [5.74, 6) is -0.301. The van der Waals surface area contributed by atoms with Crippen molar-refractivity contribution in [1.82, 2.24) is 5.32 Å². The quantitative estimate of drug-likeness (QED) is 0.720. The summed E-state index contributed by atoms with van der Waals surface area (Å²) in [6.07, 6.45) is 0.776. The van der Waals surface area contributed by atoms with Crippen molar-refractivity contribution in [3.63, 3.8) is 0 Å². The number of nitrogens with one attached hydrogen (secondary N) is 1. The largest absolute Gasteiger partial charge is 0.480 e. The Balaban J connectivity index is 2.44. The van der Waals surface area contributed by atoms with Crippen LogP contribution in [0.15, 0.2) is 0 Å². The van der Waals surface area contributed by atoms with Gasteiger partial charge in [0.15, 0.2) is 0 Å². The molecular formula is C14H23NO5S. The maximum atomic E-state index is 11.9. The Hall–Kier alpha value is -1.24. The molecular weight excluding hydrogens is 294 g/mol. The van der Waals surface area contributed by atoms with Gasteiger partial charge in [-0.1, -0.05) is 0 Å². The third kappa shape index (κ3) is 6.84. The molecule has 0 bridgehead atoms. The third-order valence-electron chi connectivity index (χ3n) is 2.97. The molecule has 1 amide bonds. The van der Waals surface area contributed by atoms with Gasteiger partial charge in [-0.2, -0.15) is 11.8 Å². The van der Waals surface area contributed by atoms with Crippen LogP contribution in [0, 0.1) is 5.92 Å². The molecule has 1 heterocycles. The normalized spacial score (nSPS) is 19.9. The lowest BCUT2D eigenvalue weighted by Gasteiger charge is -2.21. The summed E-state index contributed by atoms with van der Waals surface area (Å²) in [5.41, 5.74) is -0.597. The maximum Gasteiger partial charge on any atom is 0.326 e. The number of esters is 1. The minimum atomic E-state index is -1.13. The number of hydrogen-bond donors (Lipinski definition) is 2. The molecule has 1 rings (SSSR count). The van der Waals surface area contributed by atoms with Gasteiger partial charge in [-0.3, -0.25) is 9.59 Å². The van der Waals surface area contributed by atoms with Crippen molar-refractivity contribution < 1.29 is 24.2 Å². The first-order valence-electron chi connectivity index (χ1n) is 7.02. The molecule has 2 N–H and O–H groups in total. The van der Waals surface area contributed by atoms with Gasteiger partial charge in [-0.15, -0.1) is 0 Å². The summed E-state index contributed by atoms with van der Waals surface area (Å²) in [6, 6.07) is -1.05. The van der Waals surface area contributed by atoms with E-state index >= 15 is 0 Å². The molecule has 1 aliphatic heterocycles. The van der Waals surface area contributed by atoms with Crippen LogP contribution in [0.3, 0.4) is 0 Å². The fraction of sp³-hybridized carbons (Fsp3) is 0.786. The second-order valence-electron chi connectivity index (χ2n) is 6.09. The molecule has 120 valence electrons. The molecule has 1 aliphatic rings. The van der Waals surface area contributed by atoms with Crippen molar-refractivity contribution in [3.8, 4) is 0 Å². The summed E-state index contributed by atoms with van der Waals surface area (Å²) in [5, 5.41) is 11.7. The highest BCUT2D eigenvalue weighted by molar-refractivity contribution is 7.99. The van der Waals surface area contributed by atoms with E-state index in [1.807, 2.05) is 0 Å². The SMILES string of the molecule is CC(C)(C)OC(=O)CC[C@@H](NC(=O)C1CCSC1)C(=O)O. The average Bonchev–Trinajstić information content (AvgIpc) is 2.85. The molecule has 1 unspecified atom stereocenters. The van der Waals surface area contributed by atoms with E-state index in [4.69, 9.17) is 9.84 Å². The van der Waals surface area contributed by atoms with Crippen LogP contribution in [0.1, 0.15) is 40.0 Å². The van der Waals surface area contributed by atoms with Crippen LogP contribution in [0.25, 0.3) is 0 Å². The molecule has 0 aliphatic carbocycles. The van der Waals surface area contributed by atoms with Gasteiger partial charge >= 0.3 is 11.9 Å². The van der Waals surface area contributed by atoms with E-state index in [0.717, 1.165) is 17.9 Å². The zero-order chi connectivity index (χ0) is 16.0. The van der Waals surface area contributed by atoms with Gasteiger partial charge in [0.25, 0.3) is 0 Å². The molecule has 1 fully saturated rings. The Morgan fingerprint density at radius 2 is 2.05 bits per heavy atom. The highest BCUT2D eigenvalue weighted by atomic mass is 32.2. The lowest BCUT2D eigenvalue weighted by Crippen LogP contribution is -2.44. The number of carboxylic acids is 1. The van der Waals surface area contributed by atoms with E-state index in [0.29, 0.717) is 0 Å². The monoisotopic (exact) mass is 317 g/mol. The first-order chi connectivity index (χ1) is 9.69. The van der Waals surface area contributed by atoms with E-state index in [1.165, 1.54) is 0 Å². The number of thioether (sulfide) groups is 1. The summed E-state index contributed by atoms with van der Waals surface area (Å²) < 4.78 is 5.12. The van der Waals surface area contributed by atoms with E-state index in [2.05, 4.69) is 5.32 Å². The third-order valence-corrected chi connectivity index (χ3v) is 4.13. The Bertz CT molecular complexity index is 399. The van der Waals surface area contributed by atoms with Crippen LogP contribution in [0.2, 0.25) is 0 Å². The maximum absolute atomic E-state index is 11.9. The van der Waals surface area contributed by atoms with Crippen LogP contribution < -0.4 is 5.32 Å². The van der Waals surface area contributed by atoms with Gasteiger partial charge in [0.2, 0.25) is 5.91 Å². The molecule has 0 aromatic rings. The fourth-order valence-corrected chi connectivity index (χ4v) is 3.16. The van der Waals surface area contributed by atoms with Gasteiger partial charge in [-0.25, -0.2) is 4.79 Å². The van der Waals surface area contributed by atoms with Gasteiger partial charge in [0.05, 0.1) is 0 Å². The van der Waals surface area contributed by atoms with E-state index < -0.39 is 23.6 Å². The minimum absolute atomic E-state index is 0.0338. The molecule has 0 aromatic carbocycles. The fourth-order valence-electron chi connectivity index (χ4n) is 1.94. The minimum Gasteiger partial charge on any atom is -0.480 e. The number of aliphatic carboxylic acids is 1. The number of ether oxygens (including phenoxy) is 1. The molecule has 0 saturated carbocycles. The standard InChI is InChI=1S/C14H23NO5S/c1-14(2,3)20-11(16)5-4-10(13(18)19)15-12(17)9-6-7-21-8-9/h9-10H,4-8H2,1-3H3,(H,15,17)(H,18,19)/t9?,10-/m1/s1. The first kappa shape index (κ1) is 17.8.